The Hall–Kier alpha value is -2.86. The van der Waals surface area contributed by atoms with Gasteiger partial charge in [0.25, 0.3) is 11.8 Å². The Morgan fingerprint density at radius 3 is 1.57 bits per heavy atom. The lowest BCUT2D eigenvalue weighted by Gasteiger charge is -2.35. The average molecular weight is 438 g/mol. The Labute approximate surface area is 172 Å². The molecule has 0 radical (unpaired) electrons. The molecule has 1 aromatic heterocycles. The van der Waals surface area contributed by atoms with Crippen LogP contribution in [0.1, 0.15) is 20.7 Å². The summed E-state index contributed by atoms with van der Waals surface area (Å²) < 4.78 is 2.95. The lowest BCUT2D eigenvalue weighted by Crippen LogP contribution is -2.50. The van der Waals surface area contributed by atoms with Crippen LogP contribution < -0.4 is 0 Å². The van der Waals surface area contributed by atoms with Crippen LogP contribution in [0.5, 0.6) is 0 Å². The topological polar surface area (TPSA) is 45.6 Å². The van der Waals surface area contributed by atoms with Gasteiger partial charge in [-0.1, -0.05) is 15.9 Å². The maximum atomic E-state index is 12.8. The number of piperazine rings is 1. The molecule has 0 unspecified atom stereocenters. The van der Waals surface area contributed by atoms with E-state index in [0.29, 0.717) is 37.3 Å². The number of hydrogen-bond acceptors (Lipinski definition) is 2. The number of carbonyl (C=O) groups excluding carboxylic acids is 2. The zero-order valence-corrected chi connectivity index (χ0v) is 16.9. The molecule has 0 aliphatic carbocycles. The van der Waals surface area contributed by atoms with E-state index in [2.05, 4.69) is 15.9 Å². The molecule has 1 fully saturated rings. The molecule has 0 bridgehead atoms. The van der Waals surface area contributed by atoms with Crippen LogP contribution in [0.15, 0.2) is 77.5 Å². The summed E-state index contributed by atoms with van der Waals surface area (Å²) in [6, 6.07) is 18.9. The van der Waals surface area contributed by atoms with E-state index in [-0.39, 0.29) is 11.8 Å². The van der Waals surface area contributed by atoms with Crippen LogP contribution >= 0.6 is 15.9 Å². The van der Waals surface area contributed by atoms with Crippen molar-refractivity contribution in [3.63, 3.8) is 0 Å². The summed E-state index contributed by atoms with van der Waals surface area (Å²) in [6.07, 6.45) is 3.94. The van der Waals surface area contributed by atoms with E-state index in [1.165, 1.54) is 0 Å². The molecule has 0 atom stereocenters. The molecule has 0 N–H and O–H groups in total. The van der Waals surface area contributed by atoms with E-state index in [9.17, 15) is 9.59 Å². The third-order valence-electron chi connectivity index (χ3n) is 4.96. The smallest absolute Gasteiger partial charge is 0.253 e. The number of hydrogen-bond donors (Lipinski definition) is 0. The third kappa shape index (κ3) is 3.87. The van der Waals surface area contributed by atoms with Gasteiger partial charge in [-0.05, 0) is 60.7 Å². The first-order valence-electron chi connectivity index (χ1n) is 9.19. The summed E-state index contributed by atoms with van der Waals surface area (Å²) in [6.45, 7) is 2.17. The quantitative estimate of drug-likeness (QED) is 0.624. The third-order valence-corrected chi connectivity index (χ3v) is 5.49. The molecule has 142 valence electrons. The van der Waals surface area contributed by atoms with Crippen molar-refractivity contribution in [3.05, 3.63) is 88.7 Å². The van der Waals surface area contributed by atoms with Gasteiger partial charge < -0.3 is 14.4 Å². The summed E-state index contributed by atoms with van der Waals surface area (Å²) in [4.78, 5) is 29.0. The molecule has 4 rings (SSSR count). The van der Waals surface area contributed by atoms with Gasteiger partial charge in [0.1, 0.15) is 0 Å². The van der Waals surface area contributed by atoms with Crippen molar-refractivity contribution in [1.82, 2.24) is 14.4 Å². The van der Waals surface area contributed by atoms with Crippen molar-refractivity contribution in [2.24, 2.45) is 0 Å². The molecular weight excluding hydrogens is 418 g/mol. The number of amides is 2. The van der Waals surface area contributed by atoms with Crippen molar-refractivity contribution in [1.29, 1.82) is 0 Å². The first-order chi connectivity index (χ1) is 13.6. The van der Waals surface area contributed by atoms with Crippen LogP contribution in [0.25, 0.3) is 5.69 Å². The van der Waals surface area contributed by atoms with E-state index in [0.717, 1.165) is 10.2 Å². The van der Waals surface area contributed by atoms with Gasteiger partial charge in [0.05, 0.1) is 0 Å². The normalized spacial score (nSPS) is 14.2. The highest BCUT2D eigenvalue weighted by Crippen LogP contribution is 2.16. The SMILES string of the molecule is O=C(c1ccc(Br)cc1)N1CCN(C(=O)c2ccc(-n3cccc3)cc2)CC1. The first-order valence-corrected chi connectivity index (χ1v) is 9.99. The van der Waals surface area contributed by atoms with E-state index >= 15 is 0 Å². The monoisotopic (exact) mass is 437 g/mol. The summed E-state index contributed by atoms with van der Waals surface area (Å²) in [5, 5.41) is 0. The molecule has 28 heavy (non-hydrogen) atoms. The molecule has 2 aromatic carbocycles. The van der Waals surface area contributed by atoms with Gasteiger partial charge in [-0.15, -0.1) is 0 Å². The minimum absolute atomic E-state index is 0.00907. The maximum Gasteiger partial charge on any atom is 0.253 e. The molecule has 1 aliphatic heterocycles. The average Bonchev–Trinajstić information content (AvgIpc) is 3.28. The standard InChI is InChI=1S/C22H20BrN3O2/c23-19-7-3-17(4-8-19)21(27)25-13-15-26(16-14-25)22(28)18-5-9-20(10-6-18)24-11-1-2-12-24/h1-12H,13-16H2. The highest BCUT2D eigenvalue weighted by atomic mass is 79.9. The summed E-state index contributed by atoms with van der Waals surface area (Å²) in [5.41, 5.74) is 2.36. The molecule has 2 amide bonds. The fraction of sp³-hybridized carbons (Fsp3) is 0.182. The number of rotatable bonds is 3. The van der Waals surface area contributed by atoms with Crippen molar-refractivity contribution in [2.45, 2.75) is 0 Å². The molecule has 0 spiro atoms. The zero-order valence-electron chi connectivity index (χ0n) is 15.3. The molecule has 5 nitrogen and oxygen atoms in total. The van der Waals surface area contributed by atoms with Crippen LogP contribution in [0, 0.1) is 0 Å². The molecule has 3 aromatic rings. The molecule has 6 heteroatoms. The van der Waals surface area contributed by atoms with E-state index in [1.807, 2.05) is 87.4 Å². The number of halogens is 1. The van der Waals surface area contributed by atoms with Gasteiger partial charge in [-0.3, -0.25) is 9.59 Å². The molecule has 1 saturated heterocycles. The molecular formula is C22H20BrN3O2. The van der Waals surface area contributed by atoms with E-state index in [1.54, 1.807) is 0 Å². The zero-order chi connectivity index (χ0) is 19.5. The van der Waals surface area contributed by atoms with Gasteiger partial charge in [0, 0.05) is 59.9 Å². The minimum atomic E-state index is 0.00907. The van der Waals surface area contributed by atoms with Gasteiger partial charge in [-0.2, -0.15) is 0 Å². The maximum absolute atomic E-state index is 12.8. The number of nitrogens with zero attached hydrogens (tertiary/aromatic N) is 3. The highest BCUT2D eigenvalue weighted by Gasteiger charge is 2.25. The fourth-order valence-corrected chi connectivity index (χ4v) is 3.62. The lowest BCUT2D eigenvalue weighted by atomic mass is 10.1. The van der Waals surface area contributed by atoms with Gasteiger partial charge >= 0.3 is 0 Å². The highest BCUT2D eigenvalue weighted by molar-refractivity contribution is 9.10. The second-order valence-corrected chi connectivity index (χ2v) is 7.64. The van der Waals surface area contributed by atoms with Crippen molar-refractivity contribution >= 4 is 27.7 Å². The molecule has 2 heterocycles. The van der Waals surface area contributed by atoms with Crippen LogP contribution in [0.3, 0.4) is 0 Å². The summed E-state index contributed by atoms with van der Waals surface area (Å²) in [7, 11) is 0. The van der Waals surface area contributed by atoms with Gasteiger partial charge in [-0.25, -0.2) is 0 Å². The van der Waals surface area contributed by atoms with Crippen molar-refractivity contribution in [3.8, 4) is 5.69 Å². The Bertz CT molecular complexity index is 958. The summed E-state index contributed by atoms with van der Waals surface area (Å²) in [5.74, 6) is 0.0190. The van der Waals surface area contributed by atoms with Crippen LogP contribution in [0.2, 0.25) is 0 Å². The molecule has 0 saturated carbocycles. The van der Waals surface area contributed by atoms with Crippen molar-refractivity contribution in [2.75, 3.05) is 26.2 Å². The minimum Gasteiger partial charge on any atom is -0.335 e. The van der Waals surface area contributed by atoms with Gasteiger partial charge in [0.15, 0.2) is 0 Å². The van der Waals surface area contributed by atoms with Crippen LogP contribution in [-0.2, 0) is 0 Å². The Morgan fingerprint density at radius 2 is 1.11 bits per heavy atom. The van der Waals surface area contributed by atoms with Gasteiger partial charge in [0.2, 0.25) is 0 Å². The Balaban J connectivity index is 1.37. The number of benzene rings is 2. The lowest BCUT2D eigenvalue weighted by molar-refractivity contribution is 0.0535. The van der Waals surface area contributed by atoms with Crippen LogP contribution in [0.4, 0.5) is 0 Å². The Morgan fingerprint density at radius 1 is 0.679 bits per heavy atom. The second-order valence-electron chi connectivity index (χ2n) is 6.73. The second kappa shape index (κ2) is 8.02. The first kappa shape index (κ1) is 18.5. The number of aromatic nitrogens is 1. The fourth-order valence-electron chi connectivity index (χ4n) is 3.35. The molecule has 1 aliphatic rings. The van der Waals surface area contributed by atoms with E-state index in [4.69, 9.17) is 0 Å². The largest absolute Gasteiger partial charge is 0.335 e. The predicted octanol–water partition coefficient (Wildman–Crippen LogP) is 3.84. The summed E-state index contributed by atoms with van der Waals surface area (Å²) >= 11 is 3.38. The predicted molar refractivity (Wildman–Crippen MR) is 112 cm³/mol. The van der Waals surface area contributed by atoms with E-state index < -0.39 is 0 Å². The number of carbonyl (C=O) groups is 2. The van der Waals surface area contributed by atoms with Crippen LogP contribution in [-0.4, -0.2) is 52.4 Å². The Kier molecular flexibility index (Phi) is 5.30. The van der Waals surface area contributed by atoms with Crippen molar-refractivity contribution < 1.29 is 9.59 Å².